The van der Waals surface area contributed by atoms with Crippen molar-refractivity contribution in [1.82, 2.24) is 14.8 Å². The van der Waals surface area contributed by atoms with Crippen LogP contribution in [-0.4, -0.2) is 52.9 Å². The minimum absolute atomic E-state index is 0.0961. The summed E-state index contributed by atoms with van der Waals surface area (Å²) < 4.78 is 5.84. The lowest BCUT2D eigenvalue weighted by Crippen LogP contribution is -2.43. The third kappa shape index (κ3) is 3.71. The molecule has 0 unspecified atom stereocenters. The predicted molar refractivity (Wildman–Crippen MR) is 105 cm³/mol. The smallest absolute Gasteiger partial charge is 0.254 e. The maximum absolute atomic E-state index is 12.9. The van der Waals surface area contributed by atoms with E-state index in [4.69, 9.17) is 10.00 Å². The van der Waals surface area contributed by atoms with Crippen molar-refractivity contribution in [2.45, 2.75) is 32.2 Å². The molecule has 1 saturated heterocycles. The van der Waals surface area contributed by atoms with Crippen molar-refractivity contribution in [3.8, 4) is 17.6 Å². The summed E-state index contributed by atoms with van der Waals surface area (Å²) in [4.78, 5) is 21.3. The minimum Gasteiger partial charge on any atom is -0.454 e. The van der Waals surface area contributed by atoms with Crippen molar-refractivity contribution >= 4 is 5.91 Å². The standard InChI is InChI=1S/C22H24N4O2/c1-16-4-3-10-25(16)12-13-26-11-8-17-14-18(6-7-19(17)22(26)27)28-21-5-2-9-24-20(21)15-23/h2,5-7,9,14,16H,3-4,8,10-13H2,1H3/t16-/m1/s1. The van der Waals surface area contributed by atoms with Crippen LogP contribution >= 0.6 is 0 Å². The molecule has 1 aromatic heterocycles. The molecular formula is C22H24N4O2. The Morgan fingerprint density at radius 1 is 1.29 bits per heavy atom. The van der Waals surface area contributed by atoms with Crippen LogP contribution in [0.15, 0.2) is 36.5 Å². The number of rotatable bonds is 5. The van der Waals surface area contributed by atoms with E-state index in [1.165, 1.54) is 12.8 Å². The van der Waals surface area contributed by atoms with Crippen LogP contribution in [0.4, 0.5) is 0 Å². The number of pyridine rings is 1. The van der Waals surface area contributed by atoms with Gasteiger partial charge in [0.2, 0.25) is 0 Å². The predicted octanol–water partition coefficient (Wildman–Crippen LogP) is 3.23. The molecule has 1 aromatic carbocycles. The van der Waals surface area contributed by atoms with Gasteiger partial charge in [0.05, 0.1) is 0 Å². The van der Waals surface area contributed by atoms with Crippen LogP contribution in [0.3, 0.4) is 0 Å². The number of amides is 1. The number of likely N-dealkylation sites (tertiary alicyclic amines) is 1. The lowest BCUT2D eigenvalue weighted by molar-refractivity contribution is 0.0716. The van der Waals surface area contributed by atoms with Crippen LogP contribution < -0.4 is 4.74 Å². The molecule has 0 radical (unpaired) electrons. The Bertz CT molecular complexity index is 921. The van der Waals surface area contributed by atoms with Crippen LogP contribution in [-0.2, 0) is 6.42 Å². The van der Waals surface area contributed by atoms with E-state index in [1.807, 2.05) is 23.1 Å². The van der Waals surface area contributed by atoms with Crippen LogP contribution in [0.25, 0.3) is 0 Å². The fraction of sp³-hybridized carbons (Fsp3) is 0.409. The fourth-order valence-corrected chi connectivity index (χ4v) is 4.05. The van der Waals surface area contributed by atoms with E-state index in [0.29, 0.717) is 17.5 Å². The summed E-state index contributed by atoms with van der Waals surface area (Å²) in [6.07, 6.45) is 4.88. The van der Waals surface area contributed by atoms with Gasteiger partial charge in [0, 0.05) is 37.4 Å². The first-order chi connectivity index (χ1) is 13.7. The summed E-state index contributed by atoms with van der Waals surface area (Å²) >= 11 is 0. The molecule has 1 atom stereocenters. The summed E-state index contributed by atoms with van der Waals surface area (Å²) in [5.74, 6) is 1.14. The number of ether oxygens (including phenoxy) is 1. The fourth-order valence-electron chi connectivity index (χ4n) is 4.05. The van der Waals surface area contributed by atoms with Crippen molar-refractivity contribution in [2.24, 2.45) is 0 Å². The van der Waals surface area contributed by atoms with Gasteiger partial charge >= 0.3 is 0 Å². The van der Waals surface area contributed by atoms with Gasteiger partial charge in [0.1, 0.15) is 11.8 Å². The van der Waals surface area contributed by atoms with E-state index in [2.05, 4.69) is 16.8 Å². The highest BCUT2D eigenvalue weighted by Crippen LogP contribution is 2.28. The number of carbonyl (C=O) groups is 1. The molecule has 2 aliphatic heterocycles. The Balaban J connectivity index is 1.44. The van der Waals surface area contributed by atoms with Crippen molar-refractivity contribution < 1.29 is 9.53 Å². The first-order valence-corrected chi connectivity index (χ1v) is 9.85. The molecule has 3 heterocycles. The van der Waals surface area contributed by atoms with Crippen LogP contribution in [0.5, 0.6) is 11.5 Å². The topological polar surface area (TPSA) is 69.5 Å². The Kier molecular flexibility index (Phi) is 5.27. The van der Waals surface area contributed by atoms with Gasteiger partial charge < -0.3 is 9.64 Å². The maximum Gasteiger partial charge on any atom is 0.254 e. The molecule has 0 spiro atoms. The second kappa shape index (κ2) is 7.99. The second-order valence-electron chi connectivity index (χ2n) is 7.45. The summed E-state index contributed by atoms with van der Waals surface area (Å²) in [6, 6.07) is 11.6. The molecule has 0 saturated carbocycles. The number of nitriles is 1. The van der Waals surface area contributed by atoms with Crippen molar-refractivity contribution in [1.29, 1.82) is 5.26 Å². The van der Waals surface area contributed by atoms with E-state index in [9.17, 15) is 4.79 Å². The molecular weight excluding hydrogens is 352 g/mol. The zero-order valence-corrected chi connectivity index (χ0v) is 16.1. The minimum atomic E-state index is 0.0961. The molecule has 0 bridgehead atoms. The van der Waals surface area contributed by atoms with Crippen molar-refractivity contribution in [3.05, 3.63) is 53.3 Å². The van der Waals surface area contributed by atoms with Gasteiger partial charge in [-0.05, 0) is 68.6 Å². The highest BCUT2D eigenvalue weighted by Gasteiger charge is 2.26. The Labute approximate surface area is 165 Å². The van der Waals surface area contributed by atoms with Crippen molar-refractivity contribution in [3.63, 3.8) is 0 Å². The Morgan fingerprint density at radius 3 is 2.96 bits per heavy atom. The lowest BCUT2D eigenvalue weighted by atomic mass is 9.98. The largest absolute Gasteiger partial charge is 0.454 e. The first-order valence-electron chi connectivity index (χ1n) is 9.85. The number of carbonyl (C=O) groups excluding carboxylic acids is 1. The third-order valence-electron chi connectivity index (χ3n) is 5.70. The molecule has 6 nitrogen and oxygen atoms in total. The average molecular weight is 376 g/mol. The average Bonchev–Trinajstić information content (AvgIpc) is 3.13. The SMILES string of the molecule is C[C@@H]1CCCN1CCN1CCc2cc(Oc3cccnc3C#N)ccc2C1=O. The molecule has 6 heteroatoms. The number of aromatic nitrogens is 1. The van der Waals surface area contributed by atoms with E-state index in [-0.39, 0.29) is 11.6 Å². The van der Waals surface area contributed by atoms with E-state index in [0.717, 1.165) is 43.7 Å². The first kappa shape index (κ1) is 18.5. The maximum atomic E-state index is 12.9. The number of hydrogen-bond donors (Lipinski definition) is 0. The van der Waals surface area contributed by atoms with Gasteiger partial charge in [-0.1, -0.05) is 0 Å². The number of benzene rings is 1. The summed E-state index contributed by atoms with van der Waals surface area (Å²) in [7, 11) is 0. The molecule has 2 aliphatic rings. The zero-order valence-electron chi connectivity index (χ0n) is 16.1. The summed E-state index contributed by atoms with van der Waals surface area (Å²) in [5.41, 5.74) is 1.99. The van der Waals surface area contributed by atoms with Crippen LogP contribution in [0.1, 0.15) is 41.4 Å². The van der Waals surface area contributed by atoms with Gasteiger partial charge in [-0.3, -0.25) is 9.69 Å². The number of hydrogen-bond acceptors (Lipinski definition) is 5. The molecule has 144 valence electrons. The molecule has 1 fully saturated rings. The molecule has 1 amide bonds. The van der Waals surface area contributed by atoms with E-state index < -0.39 is 0 Å². The normalized spacial score (nSPS) is 19.4. The van der Waals surface area contributed by atoms with Gasteiger partial charge in [-0.2, -0.15) is 5.26 Å². The monoisotopic (exact) mass is 376 g/mol. The zero-order chi connectivity index (χ0) is 19.5. The third-order valence-corrected chi connectivity index (χ3v) is 5.70. The van der Waals surface area contributed by atoms with E-state index in [1.54, 1.807) is 24.4 Å². The number of fused-ring (bicyclic) bond motifs is 1. The highest BCUT2D eigenvalue weighted by molar-refractivity contribution is 5.97. The van der Waals surface area contributed by atoms with Gasteiger partial charge in [0.25, 0.3) is 5.91 Å². The molecule has 2 aromatic rings. The Hall–Kier alpha value is -2.91. The lowest BCUT2D eigenvalue weighted by Gasteiger charge is -2.31. The molecule has 0 N–H and O–H groups in total. The Morgan fingerprint density at radius 2 is 2.18 bits per heavy atom. The van der Waals surface area contributed by atoms with E-state index >= 15 is 0 Å². The van der Waals surface area contributed by atoms with Gasteiger partial charge in [-0.25, -0.2) is 4.98 Å². The molecule has 28 heavy (non-hydrogen) atoms. The summed E-state index contributed by atoms with van der Waals surface area (Å²) in [5, 5.41) is 9.15. The molecule has 0 aliphatic carbocycles. The van der Waals surface area contributed by atoms with Crippen LogP contribution in [0, 0.1) is 11.3 Å². The summed E-state index contributed by atoms with van der Waals surface area (Å²) in [6.45, 7) is 5.86. The van der Waals surface area contributed by atoms with Crippen LogP contribution in [0.2, 0.25) is 0 Å². The molecule has 4 rings (SSSR count). The van der Waals surface area contributed by atoms with Gasteiger partial charge in [0.15, 0.2) is 11.4 Å². The van der Waals surface area contributed by atoms with Crippen molar-refractivity contribution in [2.75, 3.05) is 26.2 Å². The van der Waals surface area contributed by atoms with Gasteiger partial charge in [-0.15, -0.1) is 0 Å². The quantitative estimate of drug-likeness (QED) is 0.801. The second-order valence-corrected chi connectivity index (χ2v) is 7.45. The number of nitrogens with zero attached hydrogens (tertiary/aromatic N) is 4. The highest BCUT2D eigenvalue weighted by atomic mass is 16.5.